The Morgan fingerprint density at radius 1 is 0.862 bits per heavy atom. The van der Waals surface area contributed by atoms with E-state index in [1.165, 1.54) is 0 Å². The van der Waals surface area contributed by atoms with Crippen molar-refractivity contribution in [2.75, 3.05) is 31.1 Å². The third-order valence-corrected chi connectivity index (χ3v) is 4.94. The molecule has 0 bridgehead atoms. The number of benzene rings is 2. The van der Waals surface area contributed by atoms with Crippen LogP contribution in [0, 0.1) is 0 Å². The van der Waals surface area contributed by atoms with Gasteiger partial charge in [-0.15, -0.1) is 0 Å². The molecular formula is C23H21N5O. The van der Waals surface area contributed by atoms with E-state index in [1.807, 2.05) is 60.8 Å². The fourth-order valence-electron chi connectivity index (χ4n) is 3.44. The first-order valence-corrected chi connectivity index (χ1v) is 9.78. The van der Waals surface area contributed by atoms with E-state index >= 15 is 0 Å². The van der Waals surface area contributed by atoms with Crippen LogP contribution in [0.5, 0.6) is 11.6 Å². The van der Waals surface area contributed by atoms with Gasteiger partial charge in [0.2, 0.25) is 11.8 Å². The van der Waals surface area contributed by atoms with Crippen molar-refractivity contribution in [3.8, 4) is 22.9 Å². The van der Waals surface area contributed by atoms with Crippen LogP contribution >= 0.6 is 0 Å². The first kappa shape index (κ1) is 17.6. The number of ether oxygens (including phenoxy) is 1. The maximum atomic E-state index is 6.05. The normalized spacial score (nSPS) is 14.1. The summed E-state index contributed by atoms with van der Waals surface area (Å²) in [6.45, 7) is 3.56. The molecule has 3 heterocycles. The molecule has 1 N–H and O–H groups in total. The highest BCUT2D eigenvalue weighted by atomic mass is 16.5. The van der Waals surface area contributed by atoms with Gasteiger partial charge in [-0.05, 0) is 24.3 Å². The smallest absolute Gasteiger partial charge is 0.229 e. The van der Waals surface area contributed by atoms with Crippen molar-refractivity contribution in [3.63, 3.8) is 0 Å². The molecule has 6 heteroatoms. The van der Waals surface area contributed by atoms with Gasteiger partial charge in [0, 0.05) is 49.4 Å². The van der Waals surface area contributed by atoms with Crippen molar-refractivity contribution in [2.24, 2.45) is 0 Å². The number of hydrogen-bond acceptors (Lipinski definition) is 6. The molecule has 1 aliphatic heterocycles. The summed E-state index contributed by atoms with van der Waals surface area (Å²) in [5.41, 5.74) is 2.71. The molecule has 0 atom stereocenters. The second kappa shape index (κ2) is 7.85. The van der Waals surface area contributed by atoms with E-state index < -0.39 is 0 Å². The Bertz CT molecular complexity index is 1130. The third kappa shape index (κ3) is 3.88. The Balaban J connectivity index is 1.57. The highest BCUT2D eigenvalue weighted by Crippen LogP contribution is 2.28. The summed E-state index contributed by atoms with van der Waals surface area (Å²) in [6, 6.07) is 21.8. The van der Waals surface area contributed by atoms with Crippen LogP contribution in [-0.2, 0) is 0 Å². The van der Waals surface area contributed by atoms with E-state index in [-0.39, 0.29) is 0 Å². The average Bonchev–Trinajstić information content (AvgIpc) is 2.80. The van der Waals surface area contributed by atoms with Crippen LogP contribution in [0.25, 0.3) is 22.2 Å². The van der Waals surface area contributed by atoms with Gasteiger partial charge >= 0.3 is 0 Å². The quantitative estimate of drug-likeness (QED) is 0.577. The number of rotatable bonds is 4. The minimum absolute atomic E-state index is 0.530. The second-order valence-corrected chi connectivity index (χ2v) is 6.96. The largest absolute Gasteiger partial charge is 0.439 e. The summed E-state index contributed by atoms with van der Waals surface area (Å²) in [5, 5.41) is 4.45. The second-order valence-electron chi connectivity index (χ2n) is 6.96. The molecular weight excluding hydrogens is 362 g/mol. The van der Waals surface area contributed by atoms with E-state index in [0.29, 0.717) is 11.8 Å². The zero-order valence-electron chi connectivity index (χ0n) is 16.0. The zero-order valence-corrected chi connectivity index (χ0v) is 16.0. The number of piperazine rings is 1. The van der Waals surface area contributed by atoms with Crippen molar-refractivity contribution in [1.29, 1.82) is 0 Å². The van der Waals surface area contributed by atoms with E-state index in [4.69, 9.17) is 9.72 Å². The Hall–Kier alpha value is -3.51. The molecule has 0 amide bonds. The van der Waals surface area contributed by atoms with Gasteiger partial charge in [0.25, 0.3) is 0 Å². The number of nitrogens with zero attached hydrogens (tertiary/aromatic N) is 4. The monoisotopic (exact) mass is 383 g/mol. The van der Waals surface area contributed by atoms with Crippen molar-refractivity contribution in [1.82, 2.24) is 20.3 Å². The van der Waals surface area contributed by atoms with E-state index in [2.05, 4.69) is 32.3 Å². The predicted molar refractivity (Wildman–Crippen MR) is 114 cm³/mol. The number of nitrogens with one attached hydrogen (secondary N) is 1. The fraction of sp³-hybridized carbons (Fsp3) is 0.174. The van der Waals surface area contributed by atoms with Crippen LogP contribution in [0.15, 0.2) is 72.9 Å². The van der Waals surface area contributed by atoms with Crippen LogP contribution in [-0.4, -0.2) is 41.1 Å². The fourth-order valence-corrected chi connectivity index (χ4v) is 3.44. The van der Waals surface area contributed by atoms with E-state index in [1.54, 1.807) is 0 Å². The maximum absolute atomic E-state index is 6.05. The molecule has 2 aromatic heterocycles. The molecule has 2 aromatic carbocycles. The van der Waals surface area contributed by atoms with Gasteiger partial charge in [-0.2, -0.15) is 4.98 Å². The molecule has 0 unspecified atom stereocenters. The Morgan fingerprint density at radius 2 is 1.66 bits per heavy atom. The standard InChI is InChI=1S/C23H21N5O/c1-2-7-19(8-3-1)29-22-15-21(26-23(27-22)28-12-10-24-11-13-28)18-14-17-6-4-5-9-20(17)25-16-18/h1-9,14-16,24H,10-13H2. The molecule has 0 aliphatic carbocycles. The van der Waals surface area contributed by atoms with Gasteiger partial charge in [0.1, 0.15) is 5.75 Å². The first-order valence-electron chi connectivity index (χ1n) is 9.78. The van der Waals surface area contributed by atoms with Crippen LogP contribution in [0.1, 0.15) is 0 Å². The van der Waals surface area contributed by atoms with Crippen LogP contribution in [0.3, 0.4) is 0 Å². The van der Waals surface area contributed by atoms with Crippen molar-refractivity contribution in [2.45, 2.75) is 0 Å². The van der Waals surface area contributed by atoms with Crippen molar-refractivity contribution >= 4 is 16.9 Å². The van der Waals surface area contributed by atoms with E-state index in [0.717, 1.165) is 54.1 Å². The number of hydrogen-bond donors (Lipinski definition) is 1. The molecule has 0 saturated carbocycles. The average molecular weight is 383 g/mol. The minimum atomic E-state index is 0.530. The Kier molecular flexibility index (Phi) is 4.76. The minimum Gasteiger partial charge on any atom is -0.439 e. The first-order chi connectivity index (χ1) is 14.3. The highest BCUT2D eigenvalue weighted by Gasteiger charge is 2.17. The molecule has 1 aliphatic rings. The van der Waals surface area contributed by atoms with Crippen LogP contribution < -0.4 is 15.0 Å². The van der Waals surface area contributed by atoms with Gasteiger partial charge in [-0.25, -0.2) is 4.98 Å². The van der Waals surface area contributed by atoms with Crippen molar-refractivity contribution in [3.05, 3.63) is 72.9 Å². The number of aromatic nitrogens is 3. The van der Waals surface area contributed by atoms with Gasteiger partial charge in [-0.3, -0.25) is 4.98 Å². The Labute approximate surface area is 169 Å². The third-order valence-electron chi connectivity index (χ3n) is 4.94. The summed E-state index contributed by atoms with van der Waals surface area (Å²) < 4.78 is 6.05. The van der Waals surface area contributed by atoms with Crippen LogP contribution in [0.2, 0.25) is 0 Å². The highest BCUT2D eigenvalue weighted by molar-refractivity contribution is 5.83. The molecule has 29 heavy (non-hydrogen) atoms. The number of fused-ring (bicyclic) bond motifs is 1. The van der Waals surface area contributed by atoms with Gasteiger partial charge in [0.05, 0.1) is 11.2 Å². The molecule has 6 nitrogen and oxygen atoms in total. The summed E-state index contributed by atoms with van der Waals surface area (Å²) >= 11 is 0. The number of pyridine rings is 1. The lowest BCUT2D eigenvalue weighted by molar-refractivity contribution is 0.460. The van der Waals surface area contributed by atoms with Crippen molar-refractivity contribution < 1.29 is 4.74 Å². The van der Waals surface area contributed by atoms with Gasteiger partial charge < -0.3 is 15.0 Å². The summed E-state index contributed by atoms with van der Waals surface area (Å²) in [5.74, 6) is 1.96. The molecule has 1 saturated heterocycles. The Morgan fingerprint density at radius 3 is 2.52 bits per heavy atom. The number of anilines is 1. The molecule has 0 radical (unpaired) electrons. The van der Waals surface area contributed by atoms with E-state index in [9.17, 15) is 0 Å². The molecule has 1 fully saturated rings. The maximum Gasteiger partial charge on any atom is 0.229 e. The SMILES string of the molecule is c1ccc(Oc2cc(-c3cnc4ccccc4c3)nc(N3CCNCC3)n2)cc1. The topological polar surface area (TPSA) is 63.2 Å². The molecule has 5 rings (SSSR count). The predicted octanol–water partition coefficient (Wildman–Crippen LogP) is 3.89. The lowest BCUT2D eigenvalue weighted by atomic mass is 10.1. The lowest BCUT2D eigenvalue weighted by Crippen LogP contribution is -2.44. The molecule has 0 spiro atoms. The van der Waals surface area contributed by atoms with Gasteiger partial charge in [0.15, 0.2) is 0 Å². The summed E-state index contributed by atoms with van der Waals surface area (Å²) in [6.07, 6.45) is 1.86. The zero-order chi connectivity index (χ0) is 19.5. The lowest BCUT2D eigenvalue weighted by Gasteiger charge is -2.27. The van der Waals surface area contributed by atoms with Crippen LogP contribution in [0.4, 0.5) is 5.95 Å². The van der Waals surface area contributed by atoms with Gasteiger partial charge in [-0.1, -0.05) is 36.4 Å². The number of para-hydroxylation sites is 2. The molecule has 144 valence electrons. The summed E-state index contributed by atoms with van der Waals surface area (Å²) in [7, 11) is 0. The molecule has 4 aromatic rings. The summed E-state index contributed by atoms with van der Waals surface area (Å²) in [4.78, 5) is 16.3.